The molecule has 0 radical (unpaired) electrons. The van der Waals surface area contributed by atoms with Crippen LogP contribution in [0.15, 0.2) is 23.8 Å². The zero-order chi connectivity index (χ0) is 16.0. The van der Waals surface area contributed by atoms with E-state index in [-0.39, 0.29) is 29.9 Å². The highest BCUT2D eigenvalue weighted by molar-refractivity contribution is 6.19. The van der Waals surface area contributed by atoms with Gasteiger partial charge in [0.2, 0.25) is 0 Å². The molecule has 0 bridgehead atoms. The van der Waals surface area contributed by atoms with Gasteiger partial charge in [-0.25, -0.2) is 18.4 Å². The molecule has 6 heteroatoms. The van der Waals surface area contributed by atoms with Crippen molar-refractivity contribution in [2.45, 2.75) is 20.8 Å². The van der Waals surface area contributed by atoms with Crippen molar-refractivity contribution in [2.24, 2.45) is 0 Å². The summed E-state index contributed by atoms with van der Waals surface area (Å²) in [5.41, 5.74) is -0.211. The summed E-state index contributed by atoms with van der Waals surface area (Å²) in [7, 11) is 0. The highest BCUT2D eigenvalue weighted by atomic mass is 19.1. The Hall–Kier alpha value is -2.24. The second-order valence-corrected chi connectivity index (χ2v) is 4.10. The summed E-state index contributed by atoms with van der Waals surface area (Å²) in [6, 6.07) is 2.75. The molecule has 0 unspecified atom stereocenters. The fourth-order valence-corrected chi connectivity index (χ4v) is 1.71. The van der Waals surface area contributed by atoms with E-state index < -0.39 is 23.6 Å². The molecule has 0 aliphatic rings. The number of rotatable bonds is 5. The van der Waals surface area contributed by atoms with E-state index in [9.17, 15) is 18.4 Å². The van der Waals surface area contributed by atoms with Gasteiger partial charge in [-0.1, -0.05) is 0 Å². The van der Waals surface area contributed by atoms with E-state index in [1.54, 1.807) is 13.8 Å². The molecule has 1 aromatic rings. The lowest BCUT2D eigenvalue weighted by molar-refractivity contribution is -0.146. The third-order valence-electron chi connectivity index (χ3n) is 2.63. The molecule has 114 valence electrons. The first-order chi connectivity index (χ1) is 9.90. The lowest BCUT2D eigenvalue weighted by Crippen LogP contribution is -2.20. The summed E-state index contributed by atoms with van der Waals surface area (Å²) in [5, 5.41) is 0. The second-order valence-electron chi connectivity index (χ2n) is 4.10. The van der Waals surface area contributed by atoms with Crippen molar-refractivity contribution in [2.75, 3.05) is 13.2 Å². The van der Waals surface area contributed by atoms with Crippen LogP contribution in [-0.2, 0) is 19.1 Å². The first kappa shape index (κ1) is 16.8. The number of benzene rings is 1. The Morgan fingerprint density at radius 2 is 1.38 bits per heavy atom. The smallest absolute Gasteiger partial charge is 0.345 e. The maximum Gasteiger partial charge on any atom is 0.345 e. The van der Waals surface area contributed by atoms with E-state index in [2.05, 4.69) is 0 Å². The van der Waals surface area contributed by atoms with Gasteiger partial charge in [-0.2, -0.15) is 0 Å². The number of esters is 2. The van der Waals surface area contributed by atoms with Crippen LogP contribution >= 0.6 is 0 Å². The SMILES string of the molecule is CCOC(=O)C(C(=O)OCC)=C(C)c1cc(F)cc(F)c1. The van der Waals surface area contributed by atoms with E-state index in [0.29, 0.717) is 6.07 Å². The molecule has 0 atom stereocenters. The molecule has 0 amide bonds. The zero-order valence-electron chi connectivity index (χ0n) is 12.0. The van der Waals surface area contributed by atoms with Crippen molar-refractivity contribution >= 4 is 17.5 Å². The lowest BCUT2D eigenvalue weighted by atomic mass is 10.0. The van der Waals surface area contributed by atoms with Gasteiger partial charge in [-0.15, -0.1) is 0 Å². The number of ether oxygens (including phenoxy) is 2. The van der Waals surface area contributed by atoms with Crippen LogP contribution in [0.3, 0.4) is 0 Å². The van der Waals surface area contributed by atoms with Crippen LogP contribution in [0.4, 0.5) is 8.78 Å². The van der Waals surface area contributed by atoms with Crippen LogP contribution in [0.2, 0.25) is 0 Å². The predicted octanol–water partition coefficient (Wildman–Crippen LogP) is 2.86. The van der Waals surface area contributed by atoms with Crippen molar-refractivity contribution in [1.29, 1.82) is 0 Å². The van der Waals surface area contributed by atoms with E-state index in [1.165, 1.54) is 6.92 Å². The first-order valence-corrected chi connectivity index (χ1v) is 6.42. The fraction of sp³-hybridized carbons (Fsp3) is 0.333. The molecule has 0 saturated heterocycles. The molecule has 0 heterocycles. The monoisotopic (exact) mass is 298 g/mol. The average molecular weight is 298 g/mol. The summed E-state index contributed by atoms with van der Waals surface area (Å²) in [4.78, 5) is 23.8. The minimum Gasteiger partial charge on any atom is -0.462 e. The largest absolute Gasteiger partial charge is 0.462 e. The van der Waals surface area contributed by atoms with E-state index in [1.807, 2.05) is 0 Å². The van der Waals surface area contributed by atoms with Gasteiger partial charge in [0.05, 0.1) is 13.2 Å². The van der Waals surface area contributed by atoms with E-state index in [4.69, 9.17) is 9.47 Å². The molecule has 1 rings (SSSR count). The number of allylic oxidation sites excluding steroid dienone is 1. The van der Waals surface area contributed by atoms with Gasteiger partial charge in [-0.3, -0.25) is 0 Å². The molecular formula is C15H16F2O4. The quantitative estimate of drug-likeness (QED) is 0.363. The molecule has 0 aliphatic carbocycles. The molecule has 0 N–H and O–H groups in total. The van der Waals surface area contributed by atoms with Crippen LogP contribution in [0.25, 0.3) is 5.57 Å². The van der Waals surface area contributed by atoms with Gasteiger partial charge < -0.3 is 9.47 Å². The van der Waals surface area contributed by atoms with Crippen LogP contribution in [0, 0.1) is 11.6 Å². The van der Waals surface area contributed by atoms with Crippen LogP contribution in [0.1, 0.15) is 26.3 Å². The predicted molar refractivity (Wildman–Crippen MR) is 72.2 cm³/mol. The Kier molecular flexibility index (Phi) is 6.02. The number of hydrogen-bond donors (Lipinski definition) is 0. The molecule has 0 aliphatic heterocycles. The summed E-state index contributed by atoms with van der Waals surface area (Å²) in [6.07, 6.45) is 0. The van der Waals surface area contributed by atoms with Gasteiger partial charge in [0.15, 0.2) is 0 Å². The van der Waals surface area contributed by atoms with Crippen molar-refractivity contribution < 1.29 is 27.8 Å². The number of halogens is 2. The van der Waals surface area contributed by atoms with Gasteiger partial charge in [0.1, 0.15) is 17.2 Å². The molecule has 21 heavy (non-hydrogen) atoms. The molecule has 1 aromatic carbocycles. The maximum absolute atomic E-state index is 13.3. The zero-order valence-corrected chi connectivity index (χ0v) is 12.0. The van der Waals surface area contributed by atoms with Crippen LogP contribution in [0.5, 0.6) is 0 Å². The Morgan fingerprint density at radius 1 is 0.952 bits per heavy atom. The van der Waals surface area contributed by atoms with Crippen molar-refractivity contribution in [3.63, 3.8) is 0 Å². The van der Waals surface area contributed by atoms with Crippen molar-refractivity contribution in [1.82, 2.24) is 0 Å². The molecule has 4 nitrogen and oxygen atoms in total. The molecule has 0 fully saturated rings. The molecule has 0 saturated carbocycles. The van der Waals surface area contributed by atoms with Crippen LogP contribution < -0.4 is 0 Å². The van der Waals surface area contributed by atoms with Gasteiger partial charge >= 0.3 is 11.9 Å². The van der Waals surface area contributed by atoms with Gasteiger partial charge in [0.25, 0.3) is 0 Å². The molecular weight excluding hydrogens is 282 g/mol. The Labute approximate surface area is 121 Å². The topological polar surface area (TPSA) is 52.6 Å². The van der Waals surface area contributed by atoms with Crippen molar-refractivity contribution in [3.8, 4) is 0 Å². The highest BCUT2D eigenvalue weighted by Gasteiger charge is 2.25. The molecule has 0 aromatic heterocycles. The Morgan fingerprint density at radius 3 is 1.76 bits per heavy atom. The van der Waals surface area contributed by atoms with Gasteiger partial charge in [0, 0.05) is 6.07 Å². The summed E-state index contributed by atoms with van der Waals surface area (Å²) in [6.45, 7) is 4.69. The normalized spacial score (nSPS) is 9.95. The highest BCUT2D eigenvalue weighted by Crippen LogP contribution is 2.22. The minimum atomic E-state index is -0.891. The summed E-state index contributed by atoms with van der Waals surface area (Å²) < 4.78 is 36.1. The van der Waals surface area contributed by atoms with E-state index in [0.717, 1.165) is 12.1 Å². The van der Waals surface area contributed by atoms with E-state index >= 15 is 0 Å². The lowest BCUT2D eigenvalue weighted by Gasteiger charge is -2.11. The summed E-state index contributed by atoms with van der Waals surface area (Å²) in [5.74, 6) is -3.40. The number of hydrogen-bond acceptors (Lipinski definition) is 4. The van der Waals surface area contributed by atoms with Crippen molar-refractivity contribution in [3.05, 3.63) is 41.0 Å². The van der Waals surface area contributed by atoms with Crippen LogP contribution in [-0.4, -0.2) is 25.2 Å². The number of carbonyl (C=O) groups is 2. The maximum atomic E-state index is 13.3. The van der Waals surface area contributed by atoms with Gasteiger partial charge in [-0.05, 0) is 44.0 Å². The third-order valence-corrected chi connectivity index (χ3v) is 2.63. The standard InChI is InChI=1S/C15H16F2O4/c1-4-20-14(18)13(15(19)21-5-2)9(3)10-6-11(16)8-12(17)7-10/h6-8H,4-5H2,1-3H3. The molecule has 0 spiro atoms. The Bertz CT molecular complexity index is 539. The number of carbonyl (C=O) groups excluding carboxylic acids is 2. The second kappa shape index (κ2) is 7.52. The average Bonchev–Trinajstić information content (AvgIpc) is 2.38. The Balaban J connectivity index is 3.37. The summed E-state index contributed by atoms with van der Waals surface area (Å²) >= 11 is 0. The third kappa shape index (κ3) is 4.37. The minimum absolute atomic E-state index is 0.0620. The first-order valence-electron chi connectivity index (χ1n) is 6.42. The fourth-order valence-electron chi connectivity index (χ4n) is 1.71.